The average Bonchev–Trinajstić information content (AvgIpc) is 3.29. The van der Waals surface area contributed by atoms with Gasteiger partial charge >= 0.3 is 5.97 Å². The molecule has 31 heavy (non-hydrogen) atoms. The molecular weight excluding hydrogens is 386 g/mol. The number of hydrogen-bond donors (Lipinski definition) is 1. The van der Waals surface area contributed by atoms with Crippen LogP contribution in [0.15, 0.2) is 91.0 Å². The van der Waals surface area contributed by atoms with Gasteiger partial charge in [0.15, 0.2) is 0 Å². The van der Waals surface area contributed by atoms with E-state index in [9.17, 15) is 9.90 Å². The molecule has 0 aromatic heterocycles. The summed E-state index contributed by atoms with van der Waals surface area (Å²) in [5.74, 6) is -0.0449. The predicted octanol–water partition coefficient (Wildman–Crippen LogP) is 4.35. The van der Waals surface area contributed by atoms with Gasteiger partial charge in [-0.3, -0.25) is 4.90 Å². The maximum absolute atomic E-state index is 13.5. The Morgan fingerprint density at radius 3 is 2.13 bits per heavy atom. The smallest absolute Gasteiger partial charge is 0.331 e. The Hall–Kier alpha value is -2.95. The molecule has 1 aliphatic rings. The minimum Gasteiger partial charge on any atom is -0.459 e. The number of aliphatic hydroxyl groups excluding tert-OH is 1. The molecule has 0 radical (unpaired) electrons. The van der Waals surface area contributed by atoms with Crippen LogP contribution in [-0.2, 0) is 21.7 Å². The van der Waals surface area contributed by atoms with Crippen LogP contribution in [0.25, 0.3) is 0 Å². The SMILES string of the molecule is C[C@@](C(=O)OCc1ccccc1)(c1ccccc1)N1C[C@@H](CO)[C@@H](c2ccccc2)C1. The lowest BCUT2D eigenvalue weighted by atomic mass is 9.89. The summed E-state index contributed by atoms with van der Waals surface area (Å²) in [7, 11) is 0. The Bertz CT molecular complexity index is 977. The lowest BCUT2D eigenvalue weighted by molar-refractivity contribution is -0.159. The van der Waals surface area contributed by atoms with E-state index in [4.69, 9.17) is 4.74 Å². The molecule has 1 N–H and O–H groups in total. The van der Waals surface area contributed by atoms with Crippen LogP contribution in [0.5, 0.6) is 0 Å². The normalized spacial score (nSPS) is 20.8. The number of carbonyl (C=O) groups is 1. The highest BCUT2D eigenvalue weighted by atomic mass is 16.5. The number of ether oxygens (including phenoxy) is 1. The van der Waals surface area contributed by atoms with Gasteiger partial charge in [0, 0.05) is 31.5 Å². The summed E-state index contributed by atoms with van der Waals surface area (Å²) in [6.45, 7) is 3.57. The molecule has 1 fully saturated rings. The van der Waals surface area contributed by atoms with Gasteiger partial charge in [-0.05, 0) is 23.6 Å². The molecule has 0 aliphatic carbocycles. The zero-order chi connectivity index (χ0) is 21.7. The summed E-state index contributed by atoms with van der Waals surface area (Å²) in [4.78, 5) is 15.7. The third-order valence-electron chi connectivity index (χ3n) is 6.48. The van der Waals surface area contributed by atoms with Crippen molar-refractivity contribution in [2.45, 2.75) is 25.0 Å². The maximum Gasteiger partial charge on any atom is 0.331 e. The van der Waals surface area contributed by atoms with Crippen molar-refractivity contribution in [2.24, 2.45) is 5.92 Å². The minimum absolute atomic E-state index is 0.0624. The van der Waals surface area contributed by atoms with Crippen LogP contribution in [-0.4, -0.2) is 35.7 Å². The first-order valence-electron chi connectivity index (χ1n) is 10.8. The van der Waals surface area contributed by atoms with Gasteiger partial charge in [-0.15, -0.1) is 0 Å². The summed E-state index contributed by atoms with van der Waals surface area (Å²) in [5.41, 5.74) is 2.12. The fourth-order valence-corrected chi connectivity index (χ4v) is 4.56. The molecule has 0 saturated carbocycles. The zero-order valence-corrected chi connectivity index (χ0v) is 17.9. The molecule has 160 valence electrons. The topological polar surface area (TPSA) is 49.8 Å². The van der Waals surface area contributed by atoms with E-state index in [1.54, 1.807) is 0 Å². The number of benzene rings is 3. The van der Waals surface area contributed by atoms with Crippen LogP contribution in [0.4, 0.5) is 0 Å². The van der Waals surface area contributed by atoms with Crippen molar-refractivity contribution in [3.63, 3.8) is 0 Å². The van der Waals surface area contributed by atoms with E-state index >= 15 is 0 Å². The molecule has 0 spiro atoms. The van der Waals surface area contributed by atoms with Crippen LogP contribution >= 0.6 is 0 Å². The molecule has 3 aromatic rings. The van der Waals surface area contributed by atoms with Crippen molar-refractivity contribution in [3.05, 3.63) is 108 Å². The molecule has 0 amide bonds. The van der Waals surface area contributed by atoms with Crippen molar-refractivity contribution in [1.82, 2.24) is 4.90 Å². The molecule has 4 nitrogen and oxygen atoms in total. The molecule has 4 heteroatoms. The number of esters is 1. The molecule has 3 aromatic carbocycles. The first-order valence-corrected chi connectivity index (χ1v) is 10.8. The Kier molecular flexibility index (Phi) is 6.50. The number of likely N-dealkylation sites (tertiary alicyclic amines) is 1. The van der Waals surface area contributed by atoms with Gasteiger partial charge in [0.1, 0.15) is 12.1 Å². The quantitative estimate of drug-likeness (QED) is 0.583. The first kappa shape index (κ1) is 21.3. The van der Waals surface area contributed by atoms with E-state index in [1.807, 2.05) is 85.8 Å². The molecule has 1 saturated heterocycles. The zero-order valence-electron chi connectivity index (χ0n) is 17.9. The highest BCUT2D eigenvalue weighted by Crippen LogP contribution is 2.40. The monoisotopic (exact) mass is 415 g/mol. The van der Waals surface area contributed by atoms with Gasteiger partial charge in [-0.1, -0.05) is 91.0 Å². The van der Waals surface area contributed by atoms with Gasteiger partial charge in [0.05, 0.1) is 0 Å². The number of rotatable bonds is 7. The number of aliphatic hydroxyl groups is 1. The highest BCUT2D eigenvalue weighted by Gasteiger charge is 2.48. The Balaban J connectivity index is 1.62. The van der Waals surface area contributed by atoms with Gasteiger partial charge in [-0.25, -0.2) is 4.79 Å². The fraction of sp³-hybridized carbons (Fsp3) is 0.296. The minimum atomic E-state index is -0.938. The standard InChI is InChI=1S/C27H29NO3/c1-27(24-15-9-4-10-16-24,26(30)31-20-21-11-5-2-6-12-21)28-17-23(19-29)25(18-28)22-13-7-3-8-14-22/h2-16,23,25,29H,17-20H2,1H3/t23-,25+,27-/m0/s1. The van der Waals surface area contributed by atoms with E-state index in [0.29, 0.717) is 13.1 Å². The summed E-state index contributed by atoms with van der Waals surface area (Å²) >= 11 is 0. The third-order valence-corrected chi connectivity index (χ3v) is 6.48. The fourth-order valence-electron chi connectivity index (χ4n) is 4.56. The lowest BCUT2D eigenvalue weighted by Crippen LogP contribution is -2.50. The highest BCUT2D eigenvalue weighted by molar-refractivity contribution is 5.82. The number of carbonyl (C=O) groups excluding carboxylic acids is 1. The summed E-state index contributed by atoms with van der Waals surface area (Å²) in [6, 6.07) is 29.8. The molecule has 1 heterocycles. The third kappa shape index (κ3) is 4.41. The first-order chi connectivity index (χ1) is 15.1. The second-order valence-electron chi connectivity index (χ2n) is 8.36. The van der Waals surface area contributed by atoms with Crippen molar-refractivity contribution >= 4 is 5.97 Å². The number of nitrogens with zero attached hydrogens (tertiary/aromatic N) is 1. The van der Waals surface area contributed by atoms with E-state index in [-0.39, 0.29) is 31.0 Å². The number of hydrogen-bond acceptors (Lipinski definition) is 4. The average molecular weight is 416 g/mol. The largest absolute Gasteiger partial charge is 0.459 e. The molecule has 0 bridgehead atoms. The van der Waals surface area contributed by atoms with Gasteiger partial charge in [0.2, 0.25) is 0 Å². The Morgan fingerprint density at radius 1 is 0.935 bits per heavy atom. The predicted molar refractivity (Wildman–Crippen MR) is 121 cm³/mol. The Morgan fingerprint density at radius 2 is 1.52 bits per heavy atom. The maximum atomic E-state index is 13.5. The second-order valence-corrected chi connectivity index (χ2v) is 8.36. The van der Waals surface area contributed by atoms with E-state index in [1.165, 1.54) is 5.56 Å². The molecule has 4 rings (SSSR count). The van der Waals surface area contributed by atoms with Crippen molar-refractivity contribution in [3.8, 4) is 0 Å². The van der Waals surface area contributed by atoms with Crippen molar-refractivity contribution in [2.75, 3.05) is 19.7 Å². The van der Waals surface area contributed by atoms with Gasteiger partial charge in [-0.2, -0.15) is 0 Å². The van der Waals surface area contributed by atoms with Crippen molar-refractivity contribution in [1.29, 1.82) is 0 Å². The summed E-state index contributed by atoms with van der Waals surface area (Å²) in [6.07, 6.45) is 0. The van der Waals surface area contributed by atoms with Crippen LogP contribution in [0.3, 0.4) is 0 Å². The van der Waals surface area contributed by atoms with Crippen LogP contribution in [0, 0.1) is 5.92 Å². The van der Waals surface area contributed by atoms with Gasteiger partial charge in [0.25, 0.3) is 0 Å². The van der Waals surface area contributed by atoms with Crippen molar-refractivity contribution < 1.29 is 14.6 Å². The van der Waals surface area contributed by atoms with E-state index in [0.717, 1.165) is 11.1 Å². The van der Waals surface area contributed by atoms with E-state index in [2.05, 4.69) is 17.0 Å². The Labute approximate surface area is 184 Å². The van der Waals surface area contributed by atoms with E-state index < -0.39 is 5.54 Å². The molecule has 0 unspecified atom stereocenters. The molecule has 1 aliphatic heterocycles. The molecular formula is C27H29NO3. The van der Waals surface area contributed by atoms with Crippen LogP contribution in [0.2, 0.25) is 0 Å². The lowest BCUT2D eigenvalue weighted by Gasteiger charge is -2.37. The second kappa shape index (κ2) is 9.46. The molecule has 3 atom stereocenters. The van der Waals surface area contributed by atoms with Crippen LogP contribution in [0.1, 0.15) is 29.5 Å². The summed E-state index contributed by atoms with van der Waals surface area (Å²) < 4.78 is 5.83. The van der Waals surface area contributed by atoms with Gasteiger partial charge < -0.3 is 9.84 Å². The van der Waals surface area contributed by atoms with Crippen LogP contribution < -0.4 is 0 Å². The summed E-state index contributed by atoms with van der Waals surface area (Å²) in [5, 5.41) is 10.1.